The van der Waals surface area contributed by atoms with Crippen molar-refractivity contribution >= 4 is 5.84 Å². The molecule has 0 aliphatic heterocycles. The van der Waals surface area contributed by atoms with Crippen molar-refractivity contribution in [2.24, 2.45) is 10.9 Å². The quantitative estimate of drug-likeness (QED) is 0.315. The highest BCUT2D eigenvalue weighted by atomic mass is 16.5. The molecule has 1 unspecified atom stereocenters. The number of oxime groups is 1. The van der Waals surface area contributed by atoms with Gasteiger partial charge in [0.2, 0.25) is 0 Å². The summed E-state index contributed by atoms with van der Waals surface area (Å²) in [5, 5.41) is 11.1. The summed E-state index contributed by atoms with van der Waals surface area (Å²) < 4.78 is 10.3. The van der Waals surface area contributed by atoms with Crippen LogP contribution < -0.4 is 5.73 Å². The second-order valence-corrected chi connectivity index (χ2v) is 2.56. The van der Waals surface area contributed by atoms with Crippen LogP contribution in [0.5, 0.6) is 0 Å². The van der Waals surface area contributed by atoms with Gasteiger partial charge in [0.05, 0.1) is 6.26 Å². The van der Waals surface area contributed by atoms with Gasteiger partial charge in [0, 0.05) is 0 Å². The Kier molecular flexibility index (Phi) is 3.33. The largest absolute Gasteiger partial charge is 0.467 e. The summed E-state index contributed by atoms with van der Waals surface area (Å²) in [6, 6.07) is 3.56. The lowest BCUT2D eigenvalue weighted by molar-refractivity contribution is 0.0800. The summed E-state index contributed by atoms with van der Waals surface area (Å²) in [7, 11) is 0. The summed E-state index contributed by atoms with van der Waals surface area (Å²) in [6.45, 7) is 2.00. The lowest BCUT2D eigenvalue weighted by Crippen LogP contribution is -2.28. The third-order valence-corrected chi connectivity index (χ3v) is 1.59. The number of amidine groups is 1. The van der Waals surface area contributed by atoms with E-state index in [0.717, 1.165) is 0 Å². The van der Waals surface area contributed by atoms with Crippen LogP contribution in [-0.4, -0.2) is 17.1 Å². The van der Waals surface area contributed by atoms with Gasteiger partial charge in [0.15, 0.2) is 5.84 Å². The van der Waals surface area contributed by atoms with Crippen molar-refractivity contribution in [3.05, 3.63) is 24.2 Å². The molecule has 1 rings (SSSR count). The highest BCUT2D eigenvalue weighted by Gasteiger charge is 2.08. The van der Waals surface area contributed by atoms with E-state index in [9.17, 15) is 0 Å². The van der Waals surface area contributed by atoms with E-state index in [2.05, 4.69) is 5.16 Å². The summed E-state index contributed by atoms with van der Waals surface area (Å²) in [4.78, 5) is 0. The maximum absolute atomic E-state index is 8.32. The summed E-state index contributed by atoms with van der Waals surface area (Å²) in [5.41, 5.74) is 5.30. The molecule has 1 aromatic rings. The van der Waals surface area contributed by atoms with E-state index < -0.39 is 6.10 Å². The summed E-state index contributed by atoms with van der Waals surface area (Å²) >= 11 is 0. The topological polar surface area (TPSA) is 81.0 Å². The third-order valence-electron chi connectivity index (χ3n) is 1.59. The van der Waals surface area contributed by atoms with Crippen LogP contribution in [-0.2, 0) is 11.3 Å². The molecule has 3 N–H and O–H groups in total. The first-order valence-electron chi connectivity index (χ1n) is 3.85. The van der Waals surface area contributed by atoms with E-state index in [1.165, 1.54) is 0 Å². The highest BCUT2D eigenvalue weighted by Crippen LogP contribution is 2.03. The van der Waals surface area contributed by atoms with Crippen LogP contribution in [0.25, 0.3) is 0 Å². The number of rotatable bonds is 4. The molecule has 0 bridgehead atoms. The second-order valence-electron chi connectivity index (χ2n) is 2.56. The van der Waals surface area contributed by atoms with Crippen LogP contribution in [0.2, 0.25) is 0 Å². The molecule has 1 aromatic heterocycles. The summed E-state index contributed by atoms with van der Waals surface area (Å²) in [5.74, 6) is 0.754. The smallest absolute Gasteiger partial charge is 0.168 e. The fourth-order valence-electron chi connectivity index (χ4n) is 0.769. The minimum Gasteiger partial charge on any atom is -0.467 e. The van der Waals surface area contributed by atoms with E-state index in [0.29, 0.717) is 12.4 Å². The molecule has 1 atom stereocenters. The van der Waals surface area contributed by atoms with Gasteiger partial charge < -0.3 is 20.1 Å². The molecule has 0 spiro atoms. The van der Waals surface area contributed by atoms with Gasteiger partial charge in [-0.15, -0.1) is 0 Å². The van der Waals surface area contributed by atoms with Gasteiger partial charge in [-0.3, -0.25) is 0 Å². The Balaban J connectivity index is 2.35. The molecule has 0 radical (unpaired) electrons. The number of hydrogen-bond acceptors (Lipinski definition) is 4. The van der Waals surface area contributed by atoms with E-state index in [1.54, 1.807) is 25.3 Å². The van der Waals surface area contributed by atoms with Crippen molar-refractivity contribution in [1.82, 2.24) is 0 Å². The predicted molar refractivity (Wildman–Crippen MR) is 46.4 cm³/mol. The van der Waals surface area contributed by atoms with Crippen LogP contribution in [0, 0.1) is 0 Å². The molecule has 5 heteroatoms. The monoisotopic (exact) mass is 184 g/mol. The first kappa shape index (κ1) is 9.60. The van der Waals surface area contributed by atoms with Crippen molar-refractivity contribution in [2.45, 2.75) is 19.6 Å². The maximum Gasteiger partial charge on any atom is 0.168 e. The van der Waals surface area contributed by atoms with Crippen molar-refractivity contribution in [3.8, 4) is 0 Å². The van der Waals surface area contributed by atoms with Crippen molar-refractivity contribution in [3.63, 3.8) is 0 Å². The van der Waals surface area contributed by atoms with Crippen molar-refractivity contribution in [2.75, 3.05) is 0 Å². The van der Waals surface area contributed by atoms with E-state index in [4.69, 9.17) is 20.1 Å². The SMILES string of the molecule is CC(OCc1ccco1)C(N)=NO. The maximum atomic E-state index is 8.32. The molecule has 0 aliphatic rings. The molecule has 0 amide bonds. The molecular weight excluding hydrogens is 172 g/mol. The van der Waals surface area contributed by atoms with Crippen LogP contribution in [0.4, 0.5) is 0 Å². The Morgan fingerprint density at radius 2 is 2.62 bits per heavy atom. The molecule has 72 valence electrons. The Hall–Kier alpha value is -1.49. The van der Waals surface area contributed by atoms with Crippen molar-refractivity contribution in [1.29, 1.82) is 0 Å². The van der Waals surface area contributed by atoms with Crippen LogP contribution in [0.15, 0.2) is 28.0 Å². The highest BCUT2D eigenvalue weighted by molar-refractivity contribution is 5.83. The molecule has 0 saturated carbocycles. The molecule has 0 fully saturated rings. The molecule has 0 saturated heterocycles. The second kappa shape index (κ2) is 4.51. The molecule has 0 aromatic carbocycles. The van der Waals surface area contributed by atoms with Gasteiger partial charge in [0.25, 0.3) is 0 Å². The zero-order chi connectivity index (χ0) is 9.68. The average Bonchev–Trinajstić information content (AvgIpc) is 2.65. The van der Waals surface area contributed by atoms with Gasteiger partial charge >= 0.3 is 0 Å². The number of nitrogens with two attached hydrogens (primary N) is 1. The molecule has 5 nitrogen and oxygen atoms in total. The fourth-order valence-corrected chi connectivity index (χ4v) is 0.769. The zero-order valence-electron chi connectivity index (χ0n) is 7.30. The number of furan rings is 1. The lowest BCUT2D eigenvalue weighted by atomic mass is 10.4. The molecule has 0 aliphatic carbocycles. The molecular formula is C8H12N2O3. The van der Waals surface area contributed by atoms with E-state index in [1.807, 2.05) is 0 Å². The predicted octanol–water partition coefficient (Wildman–Crippen LogP) is 0.931. The lowest BCUT2D eigenvalue weighted by Gasteiger charge is -2.09. The molecule has 1 heterocycles. The van der Waals surface area contributed by atoms with Crippen LogP contribution >= 0.6 is 0 Å². The fraction of sp³-hybridized carbons (Fsp3) is 0.375. The van der Waals surface area contributed by atoms with Gasteiger partial charge in [-0.05, 0) is 19.1 Å². The minimum atomic E-state index is -0.421. The van der Waals surface area contributed by atoms with Gasteiger partial charge in [-0.25, -0.2) is 0 Å². The third kappa shape index (κ3) is 2.79. The Labute approximate surface area is 75.8 Å². The average molecular weight is 184 g/mol. The van der Waals surface area contributed by atoms with Crippen molar-refractivity contribution < 1.29 is 14.4 Å². The van der Waals surface area contributed by atoms with Gasteiger partial charge in [-0.1, -0.05) is 5.16 Å². The summed E-state index contributed by atoms with van der Waals surface area (Å²) in [6.07, 6.45) is 1.14. The Morgan fingerprint density at radius 1 is 1.85 bits per heavy atom. The Morgan fingerprint density at radius 3 is 3.15 bits per heavy atom. The van der Waals surface area contributed by atoms with E-state index in [-0.39, 0.29) is 5.84 Å². The van der Waals surface area contributed by atoms with Crippen LogP contribution in [0.1, 0.15) is 12.7 Å². The first-order chi connectivity index (χ1) is 6.24. The first-order valence-corrected chi connectivity index (χ1v) is 3.85. The number of nitrogens with zero attached hydrogens (tertiary/aromatic N) is 1. The van der Waals surface area contributed by atoms with Gasteiger partial charge in [-0.2, -0.15) is 0 Å². The van der Waals surface area contributed by atoms with Crippen LogP contribution in [0.3, 0.4) is 0 Å². The minimum absolute atomic E-state index is 0.0477. The standard InChI is InChI=1S/C8H12N2O3/c1-6(8(9)10-11)13-5-7-3-2-4-12-7/h2-4,6,11H,5H2,1H3,(H2,9,10). The molecule has 13 heavy (non-hydrogen) atoms. The number of ether oxygens (including phenoxy) is 1. The van der Waals surface area contributed by atoms with E-state index >= 15 is 0 Å². The normalized spacial score (nSPS) is 14.4. The number of hydrogen-bond donors (Lipinski definition) is 2. The zero-order valence-corrected chi connectivity index (χ0v) is 7.30. The van der Waals surface area contributed by atoms with Gasteiger partial charge in [0.1, 0.15) is 18.5 Å². The Bertz CT molecular complexity index is 269.